The summed E-state index contributed by atoms with van der Waals surface area (Å²) in [5.41, 5.74) is 1.33. The normalized spacial score (nSPS) is 19.4. The molecule has 3 heteroatoms. The summed E-state index contributed by atoms with van der Waals surface area (Å²) >= 11 is 0. The first-order chi connectivity index (χ1) is 7.81. The molecule has 0 aliphatic carbocycles. The minimum absolute atomic E-state index is 0.598. The highest BCUT2D eigenvalue weighted by Crippen LogP contribution is 2.30. The predicted octanol–water partition coefficient (Wildman–Crippen LogP) is 2.19. The van der Waals surface area contributed by atoms with Gasteiger partial charge in [-0.3, -0.25) is 0 Å². The van der Waals surface area contributed by atoms with E-state index in [4.69, 9.17) is 4.74 Å². The molecule has 0 saturated carbocycles. The standard InChI is InChI=1S/C13H20N2O/c1-10(11-5-7-14-8-6-11)12-3-4-13(16-2)15-9-12/h3-4,9-11,14H,5-8H2,1-2H3. The summed E-state index contributed by atoms with van der Waals surface area (Å²) in [6, 6.07) is 4.09. The lowest BCUT2D eigenvalue weighted by atomic mass is 9.82. The minimum atomic E-state index is 0.598. The quantitative estimate of drug-likeness (QED) is 0.848. The number of hydrogen-bond acceptors (Lipinski definition) is 3. The summed E-state index contributed by atoms with van der Waals surface area (Å²) in [7, 11) is 1.65. The monoisotopic (exact) mass is 220 g/mol. The van der Waals surface area contributed by atoms with Crippen LogP contribution in [-0.4, -0.2) is 25.2 Å². The van der Waals surface area contributed by atoms with Crippen LogP contribution in [0.3, 0.4) is 0 Å². The second kappa shape index (κ2) is 5.30. The van der Waals surface area contributed by atoms with Gasteiger partial charge in [-0.15, -0.1) is 0 Å². The van der Waals surface area contributed by atoms with Gasteiger partial charge in [0.1, 0.15) is 0 Å². The average Bonchev–Trinajstić information content (AvgIpc) is 2.39. The lowest BCUT2D eigenvalue weighted by Gasteiger charge is -2.28. The topological polar surface area (TPSA) is 34.1 Å². The zero-order valence-electron chi connectivity index (χ0n) is 10.1. The van der Waals surface area contributed by atoms with Crippen LogP contribution >= 0.6 is 0 Å². The number of nitrogens with zero attached hydrogens (tertiary/aromatic N) is 1. The molecule has 1 N–H and O–H groups in total. The zero-order chi connectivity index (χ0) is 11.4. The Morgan fingerprint density at radius 3 is 2.69 bits per heavy atom. The lowest BCUT2D eigenvalue weighted by molar-refractivity contribution is 0.329. The first-order valence-electron chi connectivity index (χ1n) is 6.02. The van der Waals surface area contributed by atoms with Crippen LogP contribution in [0.25, 0.3) is 0 Å². The van der Waals surface area contributed by atoms with E-state index in [9.17, 15) is 0 Å². The van der Waals surface area contributed by atoms with E-state index in [0.717, 1.165) is 19.0 Å². The van der Waals surface area contributed by atoms with E-state index in [-0.39, 0.29) is 0 Å². The molecular weight excluding hydrogens is 200 g/mol. The molecule has 1 aromatic rings. The number of nitrogens with one attached hydrogen (secondary N) is 1. The van der Waals surface area contributed by atoms with E-state index in [1.54, 1.807) is 7.11 Å². The number of methoxy groups -OCH3 is 1. The van der Waals surface area contributed by atoms with E-state index >= 15 is 0 Å². The molecule has 0 spiro atoms. The molecule has 1 aromatic heterocycles. The molecule has 1 aliphatic rings. The maximum Gasteiger partial charge on any atom is 0.212 e. The van der Waals surface area contributed by atoms with Gasteiger partial charge >= 0.3 is 0 Å². The highest BCUT2D eigenvalue weighted by atomic mass is 16.5. The molecule has 0 radical (unpaired) electrons. The van der Waals surface area contributed by atoms with Crippen molar-refractivity contribution in [2.24, 2.45) is 5.92 Å². The van der Waals surface area contributed by atoms with Crippen LogP contribution in [0.2, 0.25) is 0 Å². The minimum Gasteiger partial charge on any atom is -0.481 e. The van der Waals surface area contributed by atoms with Crippen molar-refractivity contribution < 1.29 is 4.74 Å². The van der Waals surface area contributed by atoms with Gasteiger partial charge in [0.05, 0.1) is 7.11 Å². The number of hydrogen-bond donors (Lipinski definition) is 1. The Morgan fingerprint density at radius 1 is 1.38 bits per heavy atom. The molecule has 0 aromatic carbocycles. The molecule has 2 heterocycles. The van der Waals surface area contributed by atoms with Gasteiger partial charge in [-0.1, -0.05) is 13.0 Å². The summed E-state index contributed by atoms with van der Waals surface area (Å²) in [5, 5.41) is 3.40. The highest BCUT2D eigenvalue weighted by molar-refractivity contribution is 5.21. The van der Waals surface area contributed by atoms with Crippen LogP contribution in [0.5, 0.6) is 5.88 Å². The Kier molecular flexibility index (Phi) is 3.78. The molecule has 1 fully saturated rings. The molecular formula is C13H20N2O. The SMILES string of the molecule is COc1ccc(C(C)C2CCNCC2)cn1. The van der Waals surface area contributed by atoms with E-state index in [0.29, 0.717) is 11.8 Å². The van der Waals surface area contributed by atoms with Gasteiger partial charge < -0.3 is 10.1 Å². The largest absolute Gasteiger partial charge is 0.481 e. The zero-order valence-corrected chi connectivity index (χ0v) is 10.1. The van der Waals surface area contributed by atoms with Gasteiger partial charge in [0, 0.05) is 12.3 Å². The predicted molar refractivity (Wildman–Crippen MR) is 64.8 cm³/mol. The van der Waals surface area contributed by atoms with Crippen molar-refractivity contribution in [1.29, 1.82) is 0 Å². The first kappa shape index (κ1) is 11.4. The maximum atomic E-state index is 5.07. The summed E-state index contributed by atoms with van der Waals surface area (Å²) in [6.07, 6.45) is 4.49. The third kappa shape index (κ3) is 2.53. The number of piperidine rings is 1. The molecule has 16 heavy (non-hydrogen) atoms. The fourth-order valence-electron chi connectivity index (χ4n) is 2.40. The van der Waals surface area contributed by atoms with Crippen molar-refractivity contribution in [3.05, 3.63) is 23.9 Å². The van der Waals surface area contributed by atoms with Crippen molar-refractivity contribution in [1.82, 2.24) is 10.3 Å². The summed E-state index contributed by atoms with van der Waals surface area (Å²) in [5.74, 6) is 2.08. The average molecular weight is 220 g/mol. The van der Waals surface area contributed by atoms with E-state index < -0.39 is 0 Å². The van der Waals surface area contributed by atoms with Crippen LogP contribution in [0.4, 0.5) is 0 Å². The number of pyridine rings is 1. The lowest BCUT2D eigenvalue weighted by Crippen LogP contribution is -2.30. The van der Waals surface area contributed by atoms with Gasteiger partial charge in [0.2, 0.25) is 5.88 Å². The van der Waals surface area contributed by atoms with E-state index in [1.807, 2.05) is 12.3 Å². The van der Waals surface area contributed by atoms with Crippen molar-refractivity contribution in [2.45, 2.75) is 25.7 Å². The summed E-state index contributed by atoms with van der Waals surface area (Å²) < 4.78 is 5.07. The van der Waals surface area contributed by atoms with Crippen LogP contribution < -0.4 is 10.1 Å². The number of aromatic nitrogens is 1. The van der Waals surface area contributed by atoms with Crippen LogP contribution in [0.1, 0.15) is 31.2 Å². The van der Waals surface area contributed by atoms with Crippen molar-refractivity contribution in [2.75, 3.05) is 20.2 Å². The van der Waals surface area contributed by atoms with Gasteiger partial charge in [-0.2, -0.15) is 0 Å². The molecule has 1 atom stereocenters. The Balaban J connectivity index is 2.04. The van der Waals surface area contributed by atoms with Gasteiger partial charge in [-0.25, -0.2) is 4.98 Å². The van der Waals surface area contributed by atoms with E-state index in [2.05, 4.69) is 23.3 Å². The second-order valence-electron chi connectivity index (χ2n) is 4.51. The summed E-state index contributed by atoms with van der Waals surface area (Å²) in [4.78, 5) is 4.28. The fraction of sp³-hybridized carbons (Fsp3) is 0.615. The maximum absolute atomic E-state index is 5.07. The van der Waals surface area contributed by atoms with Gasteiger partial charge in [0.25, 0.3) is 0 Å². The van der Waals surface area contributed by atoms with Crippen LogP contribution in [0.15, 0.2) is 18.3 Å². The Bertz CT molecular complexity index is 317. The molecule has 0 bridgehead atoms. The van der Waals surface area contributed by atoms with Crippen molar-refractivity contribution >= 4 is 0 Å². The van der Waals surface area contributed by atoms with Gasteiger partial charge in [-0.05, 0) is 43.3 Å². The molecule has 1 aliphatic heterocycles. The van der Waals surface area contributed by atoms with Crippen molar-refractivity contribution in [3.63, 3.8) is 0 Å². The first-order valence-corrected chi connectivity index (χ1v) is 6.02. The summed E-state index contributed by atoms with van der Waals surface area (Å²) in [6.45, 7) is 4.61. The Hall–Kier alpha value is -1.09. The van der Waals surface area contributed by atoms with Crippen LogP contribution in [0, 0.1) is 5.92 Å². The molecule has 88 valence electrons. The number of rotatable bonds is 3. The smallest absolute Gasteiger partial charge is 0.212 e. The third-order valence-electron chi connectivity index (χ3n) is 3.59. The number of ether oxygens (including phenoxy) is 1. The molecule has 1 saturated heterocycles. The molecule has 2 rings (SSSR count). The van der Waals surface area contributed by atoms with Crippen LogP contribution in [-0.2, 0) is 0 Å². The fourth-order valence-corrected chi connectivity index (χ4v) is 2.40. The molecule has 1 unspecified atom stereocenters. The van der Waals surface area contributed by atoms with Crippen molar-refractivity contribution in [3.8, 4) is 5.88 Å². The second-order valence-corrected chi connectivity index (χ2v) is 4.51. The Morgan fingerprint density at radius 2 is 2.12 bits per heavy atom. The molecule has 3 nitrogen and oxygen atoms in total. The van der Waals surface area contributed by atoms with E-state index in [1.165, 1.54) is 18.4 Å². The highest BCUT2D eigenvalue weighted by Gasteiger charge is 2.21. The van der Waals surface area contributed by atoms with Gasteiger partial charge in [0.15, 0.2) is 0 Å². The molecule has 0 amide bonds. The Labute approximate surface area is 97.2 Å². The third-order valence-corrected chi connectivity index (χ3v) is 3.59.